The fourth-order valence-corrected chi connectivity index (χ4v) is 2.97. The summed E-state index contributed by atoms with van der Waals surface area (Å²) in [7, 11) is 1.61. The molecule has 2 heterocycles. The number of aromatic nitrogens is 4. The monoisotopic (exact) mass is 383 g/mol. The van der Waals surface area contributed by atoms with Crippen molar-refractivity contribution < 1.29 is 9.53 Å². The molecule has 1 amide bonds. The van der Waals surface area contributed by atoms with E-state index in [0.717, 1.165) is 12.0 Å². The average Bonchev–Trinajstić information content (AvgIpc) is 3.16. The van der Waals surface area contributed by atoms with Gasteiger partial charge in [0.05, 0.1) is 5.69 Å². The van der Waals surface area contributed by atoms with Gasteiger partial charge >= 0.3 is 0 Å². The van der Waals surface area contributed by atoms with Crippen LogP contribution in [0.1, 0.15) is 24.7 Å². The number of nitrogens with zero attached hydrogens (tertiary/aromatic N) is 4. The van der Waals surface area contributed by atoms with Gasteiger partial charge in [-0.15, -0.1) is 0 Å². The van der Waals surface area contributed by atoms with Crippen LogP contribution in [-0.4, -0.2) is 45.6 Å². The third-order valence-corrected chi connectivity index (χ3v) is 4.53. The molecule has 0 aliphatic rings. The van der Waals surface area contributed by atoms with E-state index in [2.05, 4.69) is 34.6 Å². The van der Waals surface area contributed by atoms with Crippen molar-refractivity contribution in [3.8, 4) is 11.3 Å². The van der Waals surface area contributed by atoms with Gasteiger partial charge in [0.25, 0.3) is 5.56 Å². The molecule has 0 aliphatic carbocycles. The van der Waals surface area contributed by atoms with Crippen LogP contribution in [0.5, 0.6) is 0 Å². The van der Waals surface area contributed by atoms with E-state index < -0.39 is 0 Å². The molecular formula is C20H25N5O3. The number of hydrogen-bond acceptors (Lipinski definition) is 5. The van der Waals surface area contributed by atoms with Crippen LogP contribution in [0.3, 0.4) is 0 Å². The minimum Gasteiger partial charge on any atom is -0.385 e. The van der Waals surface area contributed by atoms with Crippen LogP contribution in [0.4, 0.5) is 0 Å². The predicted molar refractivity (Wildman–Crippen MR) is 106 cm³/mol. The second-order valence-corrected chi connectivity index (χ2v) is 6.58. The summed E-state index contributed by atoms with van der Waals surface area (Å²) in [4.78, 5) is 24.9. The van der Waals surface area contributed by atoms with E-state index in [-0.39, 0.29) is 18.0 Å². The van der Waals surface area contributed by atoms with Gasteiger partial charge in [0.1, 0.15) is 17.9 Å². The molecule has 0 spiro atoms. The van der Waals surface area contributed by atoms with Crippen molar-refractivity contribution in [3.05, 3.63) is 52.1 Å². The van der Waals surface area contributed by atoms with E-state index in [1.807, 2.05) is 12.1 Å². The van der Waals surface area contributed by atoms with Crippen LogP contribution in [0.25, 0.3) is 16.8 Å². The predicted octanol–water partition coefficient (Wildman–Crippen LogP) is 1.58. The summed E-state index contributed by atoms with van der Waals surface area (Å²) < 4.78 is 7.66. The quantitative estimate of drug-likeness (QED) is 0.597. The van der Waals surface area contributed by atoms with Crippen LogP contribution in [0.15, 0.2) is 35.1 Å². The Morgan fingerprint density at radius 1 is 1.21 bits per heavy atom. The van der Waals surface area contributed by atoms with Gasteiger partial charge in [-0.2, -0.15) is 10.2 Å². The fourth-order valence-electron chi connectivity index (χ4n) is 2.97. The zero-order chi connectivity index (χ0) is 20.1. The van der Waals surface area contributed by atoms with E-state index in [1.54, 1.807) is 20.1 Å². The first-order valence-electron chi connectivity index (χ1n) is 9.36. The highest BCUT2D eigenvalue weighted by atomic mass is 16.5. The fraction of sp³-hybridized carbons (Fsp3) is 0.400. The van der Waals surface area contributed by atoms with Crippen molar-refractivity contribution >= 4 is 11.4 Å². The van der Waals surface area contributed by atoms with Gasteiger partial charge in [-0.25, -0.2) is 9.20 Å². The first-order chi connectivity index (χ1) is 13.5. The number of carbonyl (C=O) groups excluding carboxylic acids is 1. The first-order valence-corrected chi connectivity index (χ1v) is 9.36. The third kappa shape index (κ3) is 4.28. The second kappa shape index (κ2) is 8.79. The number of fused-ring (bicyclic) bond motifs is 1. The molecule has 8 nitrogen and oxygen atoms in total. The number of benzene rings is 1. The Kier molecular flexibility index (Phi) is 6.20. The molecule has 1 aromatic carbocycles. The topological polar surface area (TPSA) is 90.5 Å². The summed E-state index contributed by atoms with van der Waals surface area (Å²) in [6.45, 7) is 4.80. The lowest BCUT2D eigenvalue weighted by Crippen LogP contribution is -2.35. The summed E-state index contributed by atoms with van der Waals surface area (Å²) in [5, 5.41) is 11.5. The zero-order valence-corrected chi connectivity index (χ0v) is 16.4. The van der Waals surface area contributed by atoms with Gasteiger partial charge in [-0.1, -0.05) is 31.2 Å². The van der Waals surface area contributed by atoms with Crippen molar-refractivity contribution in [1.29, 1.82) is 0 Å². The van der Waals surface area contributed by atoms with E-state index in [4.69, 9.17) is 4.74 Å². The van der Waals surface area contributed by atoms with Crippen molar-refractivity contribution in [2.24, 2.45) is 0 Å². The minimum atomic E-state index is -0.346. The Balaban J connectivity index is 1.85. The Hall–Kier alpha value is -3.00. The zero-order valence-electron chi connectivity index (χ0n) is 16.4. The number of methoxy groups -OCH3 is 1. The Bertz CT molecular complexity index is 1020. The molecule has 1 N–H and O–H groups in total. The number of carbonyl (C=O) groups is 1. The first kappa shape index (κ1) is 19.8. The van der Waals surface area contributed by atoms with Gasteiger partial charge in [0.2, 0.25) is 5.91 Å². The van der Waals surface area contributed by atoms with Crippen LogP contribution in [0, 0.1) is 6.92 Å². The smallest absolute Gasteiger partial charge is 0.293 e. The SMILES string of the molecule is CCc1ccc(-c2cc3c(=O)n(CC(=O)NCCCOC)nc(C)n3n2)cc1. The highest BCUT2D eigenvalue weighted by Crippen LogP contribution is 2.19. The molecule has 3 aromatic rings. The van der Waals surface area contributed by atoms with Gasteiger partial charge < -0.3 is 10.1 Å². The highest BCUT2D eigenvalue weighted by molar-refractivity contribution is 5.75. The summed E-state index contributed by atoms with van der Waals surface area (Å²) in [6, 6.07) is 9.84. The number of ether oxygens (including phenoxy) is 1. The molecule has 0 fully saturated rings. The summed E-state index contributed by atoms with van der Waals surface area (Å²) >= 11 is 0. The maximum Gasteiger partial charge on any atom is 0.293 e. The van der Waals surface area contributed by atoms with Gasteiger partial charge in [0, 0.05) is 25.8 Å². The molecule has 8 heteroatoms. The van der Waals surface area contributed by atoms with Gasteiger partial charge in [-0.05, 0) is 31.4 Å². The van der Waals surface area contributed by atoms with Crippen LogP contribution in [-0.2, 0) is 22.5 Å². The number of rotatable bonds is 8. The summed E-state index contributed by atoms with van der Waals surface area (Å²) in [6.07, 6.45) is 1.68. The van der Waals surface area contributed by atoms with E-state index in [9.17, 15) is 9.59 Å². The maximum atomic E-state index is 12.8. The number of aryl methyl sites for hydroxylation is 2. The molecule has 28 heavy (non-hydrogen) atoms. The van der Waals surface area contributed by atoms with E-state index in [1.165, 1.54) is 14.8 Å². The molecule has 0 aliphatic heterocycles. The van der Waals surface area contributed by atoms with E-state index in [0.29, 0.717) is 36.6 Å². The normalized spacial score (nSPS) is 11.1. The van der Waals surface area contributed by atoms with Crippen molar-refractivity contribution in [1.82, 2.24) is 24.7 Å². The standard InChI is InChI=1S/C20H25N5O3/c1-4-15-6-8-16(9-7-15)17-12-18-20(27)24(22-14(2)25(18)23-17)13-19(26)21-10-5-11-28-3/h6-9,12H,4-5,10-11,13H2,1-3H3,(H,21,26). The third-order valence-electron chi connectivity index (χ3n) is 4.53. The van der Waals surface area contributed by atoms with Crippen molar-refractivity contribution in [2.45, 2.75) is 33.2 Å². The summed E-state index contributed by atoms with van der Waals surface area (Å²) in [5.74, 6) is 0.280. The second-order valence-electron chi connectivity index (χ2n) is 6.58. The van der Waals surface area contributed by atoms with Crippen molar-refractivity contribution in [2.75, 3.05) is 20.3 Å². The molecule has 2 aromatic heterocycles. The Labute approximate surface area is 163 Å². The lowest BCUT2D eigenvalue weighted by Gasteiger charge is -2.08. The largest absolute Gasteiger partial charge is 0.385 e. The molecule has 0 bridgehead atoms. The maximum absolute atomic E-state index is 12.8. The van der Waals surface area contributed by atoms with Crippen LogP contribution in [0.2, 0.25) is 0 Å². The van der Waals surface area contributed by atoms with Crippen molar-refractivity contribution in [3.63, 3.8) is 0 Å². The van der Waals surface area contributed by atoms with Gasteiger partial charge in [-0.3, -0.25) is 9.59 Å². The average molecular weight is 383 g/mol. The van der Waals surface area contributed by atoms with Crippen LogP contribution >= 0.6 is 0 Å². The highest BCUT2D eigenvalue weighted by Gasteiger charge is 2.14. The molecule has 148 valence electrons. The van der Waals surface area contributed by atoms with E-state index >= 15 is 0 Å². The van der Waals surface area contributed by atoms with Crippen LogP contribution < -0.4 is 10.9 Å². The minimum absolute atomic E-state index is 0.130. The summed E-state index contributed by atoms with van der Waals surface area (Å²) in [5.41, 5.74) is 2.92. The molecule has 0 unspecified atom stereocenters. The number of amides is 1. The molecule has 3 rings (SSSR count). The molecular weight excluding hydrogens is 358 g/mol. The number of nitrogens with one attached hydrogen (secondary N) is 1. The number of hydrogen-bond donors (Lipinski definition) is 1. The lowest BCUT2D eigenvalue weighted by molar-refractivity contribution is -0.121. The van der Waals surface area contributed by atoms with Gasteiger partial charge in [0.15, 0.2) is 0 Å². The Morgan fingerprint density at radius 2 is 1.96 bits per heavy atom. The Morgan fingerprint density at radius 3 is 2.64 bits per heavy atom. The molecule has 0 radical (unpaired) electrons. The molecule has 0 saturated carbocycles. The molecule has 0 saturated heterocycles. The lowest BCUT2D eigenvalue weighted by atomic mass is 10.1. The molecule has 0 atom stereocenters.